The molecule has 1 aliphatic rings. The van der Waals surface area contributed by atoms with Gasteiger partial charge in [-0.15, -0.1) is 0 Å². The van der Waals surface area contributed by atoms with Crippen LogP contribution in [0.3, 0.4) is 0 Å². The molecule has 2 aromatic rings. The number of aryl methyl sites for hydroxylation is 2. The molecular formula is C25H27NO4. The molecule has 1 N–H and O–H groups in total. The fourth-order valence-electron chi connectivity index (χ4n) is 3.41. The van der Waals surface area contributed by atoms with Gasteiger partial charge in [0.25, 0.3) is 0 Å². The second-order valence-electron chi connectivity index (χ2n) is 7.60. The van der Waals surface area contributed by atoms with Crippen molar-refractivity contribution in [1.29, 1.82) is 5.41 Å². The Morgan fingerprint density at radius 1 is 1.10 bits per heavy atom. The average Bonchev–Trinajstić information content (AvgIpc) is 2.73. The Labute approximate surface area is 177 Å². The summed E-state index contributed by atoms with van der Waals surface area (Å²) in [5, 5.41) is 7.80. The summed E-state index contributed by atoms with van der Waals surface area (Å²) in [7, 11) is 0. The molecule has 30 heavy (non-hydrogen) atoms. The number of ether oxygens (including phenoxy) is 2. The van der Waals surface area contributed by atoms with Gasteiger partial charge in [0, 0.05) is 24.5 Å². The van der Waals surface area contributed by atoms with E-state index in [-0.39, 0.29) is 23.6 Å². The van der Waals surface area contributed by atoms with Crippen LogP contribution in [0.5, 0.6) is 5.75 Å². The van der Waals surface area contributed by atoms with E-state index in [2.05, 4.69) is 0 Å². The quantitative estimate of drug-likeness (QED) is 0.397. The van der Waals surface area contributed by atoms with Gasteiger partial charge in [-0.25, -0.2) is 0 Å². The summed E-state index contributed by atoms with van der Waals surface area (Å²) in [6.45, 7) is 5.88. The van der Waals surface area contributed by atoms with Crippen LogP contribution in [0, 0.1) is 19.3 Å². The smallest absolute Gasteiger partial charge is 0.199 e. The van der Waals surface area contributed by atoms with Crippen LogP contribution in [0.4, 0.5) is 0 Å². The number of nitrogens with one attached hydrogen (secondary N) is 1. The predicted octanol–water partition coefficient (Wildman–Crippen LogP) is 5.06. The van der Waals surface area contributed by atoms with Crippen molar-refractivity contribution in [2.75, 3.05) is 6.61 Å². The average molecular weight is 405 g/mol. The van der Waals surface area contributed by atoms with Crippen molar-refractivity contribution in [1.82, 2.24) is 0 Å². The van der Waals surface area contributed by atoms with Gasteiger partial charge in [0.15, 0.2) is 17.9 Å². The van der Waals surface area contributed by atoms with Gasteiger partial charge in [-0.05, 0) is 67.7 Å². The van der Waals surface area contributed by atoms with Gasteiger partial charge < -0.3 is 9.47 Å². The van der Waals surface area contributed by atoms with E-state index in [1.165, 1.54) is 13.0 Å². The molecular weight excluding hydrogens is 378 g/mol. The highest BCUT2D eigenvalue weighted by molar-refractivity contribution is 6.44. The van der Waals surface area contributed by atoms with Gasteiger partial charge in [0.05, 0.1) is 6.61 Å². The maximum absolute atomic E-state index is 12.6. The first-order valence-electron chi connectivity index (χ1n) is 10.2. The molecule has 1 unspecified atom stereocenters. The van der Waals surface area contributed by atoms with E-state index in [0.29, 0.717) is 11.1 Å². The number of benzene rings is 2. The number of carbonyl (C=O) groups is 2. The Bertz CT molecular complexity index is 1000. The maximum Gasteiger partial charge on any atom is 0.199 e. The summed E-state index contributed by atoms with van der Waals surface area (Å²) >= 11 is 0. The van der Waals surface area contributed by atoms with Crippen LogP contribution >= 0.6 is 0 Å². The van der Waals surface area contributed by atoms with E-state index in [9.17, 15) is 9.59 Å². The molecule has 0 amide bonds. The molecule has 1 saturated heterocycles. The molecule has 0 aliphatic carbocycles. The largest absolute Gasteiger partial charge is 0.465 e. The summed E-state index contributed by atoms with van der Waals surface area (Å²) < 4.78 is 11.6. The molecule has 1 aliphatic heterocycles. The molecule has 156 valence electrons. The Morgan fingerprint density at radius 3 is 2.53 bits per heavy atom. The van der Waals surface area contributed by atoms with Crippen molar-refractivity contribution < 1.29 is 19.1 Å². The standard InChI is InChI=1S/C25H27NO4/c1-16-15-20(25(26)18(3)27)9-10-21(16)22(28)11-7-19-8-12-23(17(2)14-19)30-24-6-4-5-13-29-24/h7-12,14-15,24,26H,4-6,13H2,1-3H3/b11-7+,26-25?. The van der Waals surface area contributed by atoms with Crippen molar-refractivity contribution in [3.8, 4) is 5.75 Å². The van der Waals surface area contributed by atoms with Crippen molar-refractivity contribution in [3.05, 3.63) is 70.3 Å². The number of allylic oxidation sites excluding steroid dienone is 1. The van der Waals surface area contributed by atoms with Gasteiger partial charge in [-0.1, -0.05) is 24.3 Å². The minimum Gasteiger partial charge on any atom is -0.465 e. The number of carbonyl (C=O) groups excluding carboxylic acids is 2. The molecule has 1 heterocycles. The van der Waals surface area contributed by atoms with E-state index in [4.69, 9.17) is 14.9 Å². The summed E-state index contributed by atoms with van der Waals surface area (Å²) in [6, 6.07) is 10.8. The Hall–Kier alpha value is -3.05. The normalized spacial score (nSPS) is 16.4. The predicted molar refractivity (Wildman–Crippen MR) is 117 cm³/mol. The first-order valence-corrected chi connectivity index (χ1v) is 10.2. The summed E-state index contributed by atoms with van der Waals surface area (Å²) in [6.07, 6.45) is 6.23. The van der Waals surface area contributed by atoms with Crippen LogP contribution in [0.1, 0.15) is 58.8 Å². The van der Waals surface area contributed by atoms with Crippen LogP contribution in [0.15, 0.2) is 42.5 Å². The molecule has 2 aromatic carbocycles. The Balaban J connectivity index is 1.69. The lowest BCUT2D eigenvalue weighted by Gasteiger charge is -2.24. The zero-order chi connectivity index (χ0) is 21.7. The summed E-state index contributed by atoms with van der Waals surface area (Å²) in [5.74, 6) is 0.373. The van der Waals surface area contributed by atoms with Crippen molar-refractivity contribution in [2.45, 2.75) is 46.3 Å². The zero-order valence-electron chi connectivity index (χ0n) is 17.7. The monoisotopic (exact) mass is 405 g/mol. The zero-order valence-corrected chi connectivity index (χ0v) is 17.7. The lowest BCUT2D eigenvalue weighted by Crippen LogP contribution is -2.25. The number of hydrogen-bond donors (Lipinski definition) is 1. The summed E-state index contributed by atoms with van der Waals surface area (Å²) in [4.78, 5) is 24.0. The second kappa shape index (κ2) is 9.63. The van der Waals surface area contributed by atoms with E-state index in [1.54, 1.807) is 24.3 Å². The molecule has 0 bridgehead atoms. The highest BCUT2D eigenvalue weighted by Crippen LogP contribution is 2.24. The lowest BCUT2D eigenvalue weighted by atomic mass is 9.98. The lowest BCUT2D eigenvalue weighted by molar-refractivity contribution is -0.111. The fraction of sp³-hybridized carbons (Fsp3) is 0.320. The number of Topliss-reactive ketones (excluding diaryl/α,β-unsaturated/α-hetero) is 1. The van der Waals surface area contributed by atoms with E-state index >= 15 is 0 Å². The van der Waals surface area contributed by atoms with E-state index in [1.807, 2.05) is 32.0 Å². The van der Waals surface area contributed by atoms with Gasteiger partial charge in [-0.3, -0.25) is 15.0 Å². The maximum atomic E-state index is 12.6. The highest BCUT2D eigenvalue weighted by Gasteiger charge is 2.16. The topological polar surface area (TPSA) is 76.5 Å². The minimum absolute atomic E-state index is 0.0518. The first kappa shape index (κ1) is 21.7. The van der Waals surface area contributed by atoms with Gasteiger partial charge in [0.2, 0.25) is 0 Å². The number of hydrogen-bond acceptors (Lipinski definition) is 5. The molecule has 0 saturated carbocycles. The third-order valence-electron chi connectivity index (χ3n) is 5.16. The number of rotatable bonds is 7. The third-order valence-corrected chi connectivity index (χ3v) is 5.16. The van der Waals surface area contributed by atoms with Gasteiger partial charge in [-0.2, -0.15) is 0 Å². The third kappa shape index (κ3) is 5.30. The number of ketones is 2. The van der Waals surface area contributed by atoms with Crippen LogP contribution in [0.2, 0.25) is 0 Å². The molecule has 1 atom stereocenters. The van der Waals surface area contributed by atoms with Gasteiger partial charge >= 0.3 is 0 Å². The van der Waals surface area contributed by atoms with Crippen LogP contribution in [-0.4, -0.2) is 30.2 Å². The Morgan fingerprint density at radius 2 is 1.90 bits per heavy atom. The SMILES string of the molecule is CC(=O)C(=N)c1ccc(C(=O)/C=C/c2ccc(OC3CCCCO3)c(C)c2)c(C)c1. The summed E-state index contributed by atoms with van der Waals surface area (Å²) in [5.41, 5.74) is 3.66. The molecule has 0 radical (unpaired) electrons. The van der Waals surface area contributed by atoms with Crippen LogP contribution < -0.4 is 4.74 Å². The van der Waals surface area contributed by atoms with Crippen LogP contribution in [0.25, 0.3) is 6.08 Å². The van der Waals surface area contributed by atoms with Crippen molar-refractivity contribution in [2.24, 2.45) is 0 Å². The molecule has 3 rings (SSSR count). The van der Waals surface area contributed by atoms with E-state index < -0.39 is 0 Å². The molecule has 5 nitrogen and oxygen atoms in total. The molecule has 1 fully saturated rings. The molecule has 0 spiro atoms. The fourth-order valence-corrected chi connectivity index (χ4v) is 3.41. The van der Waals surface area contributed by atoms with Crippen molar-refractivity contribution >= 4 is 23.4 Å². The van der Waals surface area contributed by atoms with Crippen LogP contribution in [-0.2, 0) is 9.53 Å². The molecule has 0 aromatic heterocycles. The second-order valence-corrected chi connectivity index (χ2v) is 7.60. The van der Waals surface area contributed by atoms with Crippen molar-refractivity contribution in [3.63, 3.8) is 0 Å². The van der Waals surface area contributed by atoms with Gasteiger partial charge in [0.1, 0.15) is 11.5 Å². The Kier molecular flexibility index (Phi) is 6.95. The minimum atomic E-state index is -0.300. The van der Waals surface area contributed by atoms with E-state index in [0.717, 1.165) is 48.3 Å². The highest BCUT2D eigenvalue weighted by atomic mass is 16.7. The first-order chi connectivity index (χ1) is 14.3. The molecule has 5 heteroatoms.